The first-order valence-electron chi connectivity index (χ1n) is 5.65. The van der Waals surface area contributed by atoms with Crippen molar-refractivity contribution in [1.82, 2.24) is 15.6 Å². The summed E-state index contributed by atoms with van der Waals surface area (Å²) in [5, 5.41) is 6.75. The minimum absolute atomic E-state index is 0.442. The van der Waals surface area contributed by atoms with Crippen LogP contribution in [0.2, 0.25) is 0 Å². The van der Waals surface area contributed by atoms with Crippen molar-refractivity contribution in [3.63, 3.8) is 0 Å². The third-order valence-electron chi connectivity index (χ3n) is 2.31. The Labute approximate surface area is 97.4 Å². The van der Waals surface area contributed by atoms with Crippen LogP contribution < -0.4 is 10.6 Å². The molecule has 0 spiro atoms. The van der Waals surface area contributed by atoms with Gasteiger partial charge in [0.2, 0.25) is 0 Å². The maximum Gasteiger partial charge on any atom is 0.0587 e. The van der Waals surface area contributed by atoms with Crippen LogP contribution in [0, 0.1) is 0 Å². The molecule has 0 saturated heterocycles. The number of methoxy groups -OCH3 is 1. The molecule has 0 radical (unpaired) electrons. The molecule has 2 N–H and O–H groups in total. The normalized spacial score (nSPS) is 12.6. The highest BCUT2D eigenvalue weighted by Gasteiger charge is 2.00. The standard InChI is InChI=1S/C12H21N3O/c1-11(8-14-6-7-16-2)15-10-12-4-3-5-13-9-12/h3-5,9,11,14-15H,6-8,10H2,1-2H3. The summed E-state index contributed by atoms with van der Waals surface area (Å²) in [6.45, 7) is 5.63. The fraction of sp³-hybridized carbons (Fsp3) is 0.583. The van der Waals surface area contributed by atoms with E-state index in [1.165, 1.54) is 5.56 Å². The summed E-state index contributed by atoms with van der Waals surface area (Å²) in [6, 6.07) is 4.47. The first-order chi connectivity index (χ1) is 7.83. The van der Waals surface area contributed by atoms with Gasteiger partial charge >= 0.3 is 0 Å². The number of hydrogen-bond donors (Lipinski definition) is 2. The minimum atomic E-state index is 0.442. The van der Waals surface area contributed by atoms with E-state index in [4.69, 9.17) is 4.74 Å². The van der Waals surface area contributed by atoms with Crippen LogP contribution in [-0.2, 0) is 11.3 Å². The Balaban J connectivity index is 2.08. The highest BCUT2D eigenvalue weighted by molar-refractivity contribution is 5.07. The van der Waals surface area contributed by atoms with E-state index in [-0.39, 0.29) is 0 Å². The molecule has 1 aromatic heterocycles. The number of hydrogen-bond acceptors (Lipinski definition) is 4. The molecule has 16 heavy (non-hydrogen) atoms. The lowest BCUT2D eigenvalue weighted by molar-refractivity contribution is 0.198. The smallest absolute Gasteiger partial charge is 0.0587 e. The third kappa shape index (κ3) is 5.80. The molecule has 1 atom stereocenters. The van der Waals surface area contributed by atoms with E-state index < -0.39 is 0 Å². The maximum atomic E-state index is 4.96. The monoisotopic (exact) mass is 223 g/mol. The van der Waals surface area contributed by atoms with Gasteiger partial charge < -0.3 is 15.4 Å². The molecule has 1 unspecified atom stereocenters. The second-order valence-electron chi connectivity index (χ2n) is 3.84. The Morgan fingerprint density at radius 3 is 3.06 bits per heavy atom. The van der Waals surface area contributed by atoms with E-state index in [1.807, 2.05) is 12.3 Å². The molecule has 1 aromatic rings. The Morgan fingerprint density at radius 2 is 2.38 bits per heavy atom. The first kappa shape index (κ1) is 13.1. The van der Waals surface area contributed by atoms with Gasteiger partial charge in [-0.3, -0.25) is 4.98 Å². The topological polar surface area (TPSA) is 46.2 Å². The predicted molar refractivity (Wildman–Crippen MR) is 65.3 cm³/mol. The van der Waals surface area contributed by atoms with E-state index in [9.17, 15) is 0 Å². The fourth-order valence-corrected chi connectivity index (χ4v) is 1.36. The van der Waals surface area contributed by atoms with E-state index in [2.05, 4.69) is 28.6 Å². The third-order valence-corrected chi connectivity index (χ3v) is 2.31. The zero-order valence-electron chi connectivity index (χ0n) is 10.1. The van der Waals surface area contributed by atoms with Crippen molar-refractivity contribution in [1.29, 1.82) is 0 Å². The maximum absolute atomic E-state index is 4.96. The summed E-state index contributed by atoms with van der Waals surface area (Å²) in [5.41, 5.74) is 1.21. The first-order valence-corrected chi connectivity index (χ1v) is 5.65. The highest BCUT2D eigenvalue weighted by atomic mass is 16.5. The average molecular weight is 223 g/mol. The van der Waals surface area contributed by atoms with Crippen LogP contribution in [0.5, 0.6) is 0 Å². The lowest BCUT2D eigenvalue weighted by Crippen LogP contribution is -2.37. The number of aromatic nitrogens is 1. The van der Waals surface area contributed by atoms with Gasteiger partial charge in [0.25, 0.3) is 0 Å². The molecule has 0 amide bonds. The Bertz CT molecular complexity index is 266. The molecule has 1 rings (SSSR count). The minimum Gasteiger partial charge on any atom is -0.383 e. The number of nitrogens with zero attached hydrogens (tertiary/aromatic N) is 1. The molecule has 0 aliphatic carbocycles. The van der Waals surface area contributed by atoms with Crippen molar-refractivity contribution in [2.75, 3.05) is 26.8 Å². The van der Waals surface area contributed by atoms with Crippen molar-refractivity contribution in [3.05, 3.63) is 30.1 Å². The van der Waals surface area contributed by atoms with Crippen LogP contribution in [0.4, 0.5) is 0 Å². The molecule has 4 nitrogen and oxygen atoms in total. The molecule has 1 heterocycles. The van der Waals surface area contributed by atoms with Gasteiger partial charge in [-0.2, -0.15) is 0 Å². The molecule has 0 aliphatic heterocycles. The number of nitrogens with one attached hydrogen (secondary N) is 2. The molecule has 0 bridgehead atoms. The molecular weight excluding hydrogens is 202 g/mol. The number of ether oxygens (including phenoxy) is 1. The largest absolute Gasteiger partial charge is 0.383 e. The Morgan fingerprint density at radius 1 is 1.50 bits per heavy atom. The Kier molecular flexibility index (Phi) is 6.72. The molecular formula is C12H21N3O. The lowest BCUT2D eigenvalue weighted by Gasteiger charge is -2.14. The second-order valence-corrected chi connectivity index (χ2v) is 3.84. The Hall–Kier alpha value is -0.970. The van der Waals surface area contributed by atoms with Crippen LogP contribution in [0.15, 0.2) is 24.5 Å². The van der Waals surface area contributed by atoms with Gasteiger partial charge in [0, 0.05) is 45.2 Å². The van der Waals surface area contributed by atoms with E-state index in [0.29, 0.717) is 6.04 Å². The molecule has 0 fully saturated rings. The fourth-order valence-electron chi connectivity index (χ4n) is 1.36. The van der Waals surface area contributed by atoms with Crippen LogP contribution in [-0.4, -0.2) is 37.8 Å². The summed E-state index contributed by atoms with van der Waals surface area (Å²) >= 11 is 0. The summed E-state index contributed by atoms with van der Waals surface area (Å²) in [7, 11) is 1.71. The van der Waals surface area contributed by atoms with E-state index in [1.54, 1.807) is 13.3 Å². The van der Waals surface area contributed by atoms with Crippen molar-refractivity contribution >= 4 is 0 Å². The number of rotatable bonds is 8. The van der Waals surface area contributed by atoms with Crippen molar-refractivity contribution in [2.24, 2.45) is 0 Å². The van der Waals surface area contributed by atoms with Crippen LogP contribution in [0.1, 0.15) is 12.5 Å². The van der Waals surface area contributed by atoms with Gasteiger partial charge in [0.1, 0.15) is 0 Å². The van der Waals surface area contributed by atoms with Crippen LogP contribution in [0.25, 0.3) is 0 Å². The van der Waals surface area contributed by atoms with Crippen LogP contribution >= 0.6 is 0 Å². The van der Waals surface area contributed by atoms with E-state index >= 15 is 0 Å². The van der Waals surface area contributed by atoms with E-state index in [0.717, 1.165) is 26.2 Å². The van der Waals surface area contributed by atoms with Crippen molar-refractivity contribution in [3.8, 4) is 0 Å². The molecule has 4 heteroatoms. The predicted octanol–water partition coefficient (Wildman–Crippen LogP) is 0.796. The summed E-state index contributed by atoms with van der Waals surface area (Å²) in [4.78, 5) is 4.08. The van der Waals surface area contributed by atoms with Gasteiger partial charge in [-0.25, -0.2) is 0 Å². The quantitative estimate of drug-likeness (QED) is 0.640. The second kappa shape index (κ2) is 8.21. The van der Waals surface area contributed by atoms with Gasteiger partial charge in [-0.05, 0) is 18.6 Å². The van der Waals surface area contributed by atoms with Gasteiger partial charge in [0.15, 0.2) is 0 Å². The molecule has 0 aliphatic rings. The number of pyridine rings is 1. The summed E-state index contributed by atoms with van der Waals surface area (Å²) in [6.07, 6.45) is 3.68. The van der Waals surface area contributed by atoms with Crippen molar-refractivity contribution in [2.45, 2.75) is 19.5 Å². The van der Waals surface area contributed by atoms with Gasteiger partial charge in [-0.15, -0.1) is 0 Å². The molecule has 0 saturated carbocycles. The lowest BCUT2D eigenvalue weighted by atomic mass is 10.2. The molecule has 0 aromatic carbocycles. The van der Waals surface area contributed by atoms with Gasteiger partial charge in [-0.1, -0.05) is 6.07 Å². The highest BCUT2D eigenvalue weighted by Crippen LogP contribution is 1.95. The summed E-state index contributed by atoms with van der Waals surface area (Å²) in [5.74, 6) is 0. The zero-order chi connectivity index (χ0) is 11.6. The average Bonchev–Trinajstić information content (AvgIpc) is 2.33. The SMILES string of the molecule is COCCNCC(C)NCc1cccnc1. The summed E-state index contributed by atoms with van der Waals surface area (Å²) < 4.78 is 4.96. The molecule has 90 valence electrons. The van der Waals surface area contributed by atoms with Crippen molar-refractivity contribution < 1.29 is 4.74 Å². The zero-order valence-corrected chi connectivity index (χ0v) is 10.1. The van der Waals surface area contributed by atoms with Gasteiger partial charge in [0.05, 0.1) is 6.61 Å². The van der Waals surface area contributed by atoms with Crippen LogP contribution in [0.3, 0.4) is 0 Å².